The second kappa shape index (κ2) is 6.75. The Labute approximate surface area is 115 Å². The molecule has 0 aromatic rings. The van der Waals surface area contributed by atoms with Crippen molar-refractivity contribution in [2.45, 2.75) is 65.1 Å². The molecule has 0 aliphatic rings. The Bertz CT molecular complexity index is 321. The number of esters is 1. The van der Waals surface area contributed by atoms with E-state index in [2.05, 4.69) is 5.32 Å². The lowest BCUT2D eigenvalue weighted by Gasteiger charge is -2.33. The summed E-state index contributed by atoms with van der Waals surface area (Å²) >= 11 is 0. The number of alkyl carbamates (subject to hydrolysis) is 1. The molecule has 0 aromatic carbocycles. The second-order valence-corrected chi connectivity index (χ2v) is 5.96. The third-order valence-electron chi connectivity index (χ3n) is 2.44. The zero-order chi connectivity index (χ0) is 15.3. The minimum Gasteiger partial charge on any atom is -0.466 e. The standard InChI is InChI=1S/C13H26N2O4/c1-7-18-10(16)8-9(14)13(5,6)15-11(17)19-12(2,3)4/h9H,7-8,14H2,1-6H3,(H,15,17). The Morgan fingerprint density at radius 3 is 2.16 bits per heavy atom. The second-order valence-electron chi connectivity index (χ2n) is 5.96. The van der Waals surface area contributed by atoms with Gasteiger partial charge in [-0.1, -0.05) is 0 Å². The highest BCUT2D eigenvalue weighted by Gasteiger charge is 2.32. The molecule has 19 heavy (non-hydrogen) atoms. The van der Waals surface area contributed by atoms with Crippen molar-refractivity contribution >= 4 is 12.1 Å². The largest absolute Gasteiger partial charge is 0.466 e. The summed E-state index contributed by atoms with van der Waals surface area (Å²) in [6.07, 6.45) is -0.520. The van der Waals surface area contributed by atoms with Crippen LogP contribution in [0.25, 0.3) is 0 Å². The Hall–Kier alpha value is -1.30. The molecule has 0 radical (unpaired) electrons. The van der Waals surface area contributed by atoms with Crippen molar-refractivity contribution < 1.29 is 19.1 Å². The summed E-state index contributed by atoms with van der Waals surface area (Å²) in [4.78, 5) is 23.1. The van der Waals surface area contributed by atoms with Gasteiger partial charge in [0.05, 0.1) is 18.6 Å². The molecular formula is C13H26N2O4. The normalized spacial score (nSPS) is 13.6. The average molecular weight is 274 g/mol. The van der Waals surface area contributed by atoms with E-state index in [-0.39, 0.29) is 12.4 Å². The quantitative estimate of drug-likeness (QED) is 0.743. The van der Waals surface area contributed by atoms with Crippen LogP contribution in [0.4, 0.5) is 4.79 Å². The fraction of sp³-hybridized carbons (Fsp3) is 0.846. The van der Waals surface area contributed by atoms with E-state index in [9.17, 15) is 9.59 Å². The Morgan fingerprint density at radius 1 is 1.21 bits per heavy atom. The predicted molar refractivity (Wildman–Crippen MR) is 72.7 cm³/mol. The van der Waals surface area contributed by atoms with Gasteiger partial charge < -0.3 is 20.5 Å². The number of nitrogens with one attached hydrogen (secondary N) is 1. The number of carbonyl (C=O) groups excluding carboxylic acids is 2. The van der Waals surface area contributed by atoms with Crippen molar-refractivity contribution in [2.24, 2.45) is 5.73 Å². The van der Waals surface area contributed by atoms with E-state index < -0.39 is 23.3 Å². The molecule has 0 bridgehead atoms. The molecular weight excluding hydrogens is 248 g/mol. The van der Waals surface area contributed by atoms with Crippen molar-refractivity contribution in [3.63, 3.8) is 0 Å². The highest BCUT2D eigenvalue weighted by atomic mass is 16.6. The van der Waals surface area contributed by atoms with Crippen molar-refractivity contribution in [1.82, 2.24) is 5.32 Å². The Kier molecular flexibility index (Phi) is 6.29. The van der Waals surface area contributed by atoms with Crippen LogP contribution >= 0.6 is 0 Å². The van der Waals surface area contributed by atoms with Crippen LogP contribution < -0.4 is 11.1 Å². The van der Waals surface area contributed by atoms with Crippen molar-refractivity contribution in [1.29, 1.82) is 0 Å². The van der Waals surface area contributed by atoms with Crippen molar-refractivity contribution in [2.75, 3.05) is 6.61 Å². The van der Waals surface area contributed by atoms with Gasteiger partial charge >= 0.3 is 12.1 Å². The summed E-state index contributed by atoms with van der Waals surface area (Å²) in [6.45, 7) is 10.8. The van der Waals surface area contributed by atoms with Gasteiger partial charge in [-0.15, -0.1) is 0 Å². The maximum absolute atomic E-state index is 11.7. The Morgan fingerprint density at radius 2 is 1.74 bits per heavy atom. The minimum absolute atomic E-state index is 0.0383. The number of hydrogen-bond acceptors (Lipinski definition) is 5. The van der Waals surface area contributed by atoms with Crippen molar-refractivity contribution in [3.05, 3.63) is 0 Å². The van der Waals surface area contributed by atoms with Crippen LogP contribution in [0, 0.1) is 0 Å². The van der Waals surface area contributed by atoms with Gasteiger partial charge in [0.15, 0.2) is 0 Å². The summed E-state index contributed by atoms with van der Waals surface area (Å²) < 4.78 is 9.98. The minimum atomic E-state index is -0.769. The maximum Gasteiger partial charge on any atom is 0.408 e. The number of nitrogens with two attached hydrogens (primary N) is 1. The number of hydrogen-bond donors (Lipinski definition) is 2. The third kappa shape index (κ3) is 7.66. The molecule has 0 heterocycles. The summed E-state index contributed by atoms with van der Waals surface area (Å²) in [6, 6.07) is -0.556. The van der Waals surface area contributed by atoms with Gasteiger partial charge in [0.25, 0.3) is 0 Å². The van der Waals surface area contributed by atoms with Crippen LogP contribution in [0.1, 0.15) is 48.0 Å². The summed E-state index contributed by atoms with van der Waals surface area (Å²) in [7, 11) is 0. The highest BCUT2D eigenvalue weighted by Crippen LogP contribution is 2.14. The first-order chi connectivity index (χ1) is 8.48. The monoisotopic (exact) mass is 274 g/mol. The van der Waals surface area contributed by atoms with Gasteiger partial charge in [-0.3, -0.25) is 4.79 Å². The molecule has 0 aliphatic carbocycles. The molecule has 0 rings (SSSR count). The molecule has 6 nitrogen and oxygen atoms in total. The van der Waals surface area contributed by atoms with E-state index in [4.69, 9.17) is 15.2 Å². The molecule has 1 amide bonds. The number of ether oxygens (including phenoxy) is 2. The average Bonchev–Trinajstić information content (AvgIpc) is 2.12. The van der Waals surface area contributed by atoms with Gasteiger partial charge in [0.2, 0.25) is 0 Å². The first kappa shape index (κ1) is 17.7. The van der Waals surface area contributed by atoms with E-state index in [1.807, 2.05) is 0 Å². The molecule has 0 spiro atoms. The molecule has 0 saturated heterocycles. The number of carbonyl (C=O) groups is 2. The van der Waals surface area contributed by atoms with Crippen LogP contribution in [-0.2, 0) is 14.3 Å². The van der Waals surface area contributed by atoms with Crippen LogP contribution in [0.3, 0.4) is 0 Å². The molecule has 0 aromatic heterocycles. The summed E-state index contributed by atoms with van der Waals surface area (Å²) in [5, 5.41) is 2.67. The molecule has 112 valence electrons. The van der Waals surface area contributed by atoms with Gasteiger partial charge in [0, 0.05) is 6.04 Å². The number of rotatable bonds is 5. The molecule has 1 atom stereocenters. The van der Waals surface area contributed by atoms with Gasteiger partial charge in [-0.2, -0.15) is 0 Å². The summed E-state index contributed by atoms with van der Waals surface area (Å²) in [5.41, 5.74) is 4.58. The van der Waals surface area contributed by atoms with E-state index in [1.54, 1.807) is 41.5 Å². The summed E-state index contributed by atoms with van der Waals surface area (Å²) in [5.74, 6) is -0.380. The smallest absolute Gasteiger partial charge is 0.408 e. The van der Waals surface area contributed by atoms with Crippen molar-refractivity contribution in [3.8, 4) is 0 Å². The van der Waals surface area contributed by atoms with E-state index in [0.717, 1.165) is 0 Å². The first-order valence-corrected chi connectivity index (χ1v) is 6.40. The lowest BCUT2D eigenvalue weighted by Crippen LogP contribution is -2.57. The molecule has 6 heteroatoms. The Balaban J connectivity index is 4.44. The van der Waals surface area contributed by atoms with E-state index in [1.165, 1.54) is 0 Å². The SMILES string of the molecule is CCOC(=O)CC(N)C(C)(C)NC(=O)OC(C)(C)C. The van der Waals surface area contributed by atoms with Crippen LogP contribution in [0.15, 0.2) is 0 Å². The van der Waals surface area contributed by atoms with Crippen LogP contribution in [-0.4, -0.2) is 35.9 Å². The van der Waals surface area contributed by atoms with Crippen LogP contribution in [0.2, 0.25) is 0 Å². The molecule has 0 fully saturated rings. The van der Waals surface area contributed by atoms with Gasteiger partial charge in [-0.25, -0.2) is 4.79 Å². The molecule has 3 N–H and O–H groups in total. The highest BCUT2D eigenvalue weighted by molar-refractivity contribution is 5.71. The van der Waals surface area contributed by atoms with E-state index in [0.29, 0.717) is 6.61 Å². The van der Waals surface area contributed by atoms with Gasteiger partial charge in [0.1, 0.15) is 5.60 Å². The zero-order valence-electron chi connectivity index (χ0n) is 12.7. The number of amides is 1. The lowest BCUT2D eigenvalue weighted by atomic mass is 9.93. The molecule has 0 saturated carbocycles. The predicted octanol–water partition coefficient (Wildman–Crippen LogP) is 1.57. The third-order valence-corrected chi connectivity index (χ3v) is 2.44. The maximum atomic E-state index is 11.7. The topological polar surface area (TPSA) is 90.6 Å². The van der Waals surface area contributed by atoms with Gasteiger partial charge in [-0.05, 0) is 41.5 Å². The molecule has 1 unspecified atom stereocenters. The van der Waals surface area contributed by atoms with Crippen LogP contribution in [0.5, 0.6) is 0 Å². The first-order valence-electron chi connectivity index (χ1n) is 6.40. The lowest BCUT2D eigenvalue weighted by molar-refractivity contribution is -0.143. The van der Waals surface area contributed by atoms with E-state index >= 15 is 0 Å². The molecule has 0 aliphatic heterocycles. The fourth-order valence-corrected chi connectivity index (χ4v) is 1.31. The zero-order valence-corrected chi connectivity index (χ0v) is 12.7. The fourth-order valence-electron chi connectivity index (χ4n) is 1.31.